The Hall–Kier alpha value is -0.710. The molecule has 4 heteroatoms. The highest BCUT2D eigenvalue weighted by atomic mass is 32.1. The Balaban J connectivity index is 2.02. The summed E-state index contributed by atoms with van der Waals surface area (Å²) in [5, 5.41) is 2.03. The third kappa shape index (κ3) is 4.50. The molecule has 1 heterocycles. The lowest BCUT2D eigenvalue weighted by Gasteiger charge is -2.01. The van der Waals surface area contributed by atoms with Crippen LogP contribution in [0, 0.1) is 0 Å². The average molecular weight is 214 g/mol. The summed E-state index contributed by atoms with van der Waals surface area (Å²) < 4.78 is 9.88. The van der Waals surface area contributed by atoms with Crippen LogP contribution in [-0.2, 0) is 20.7 Å². The van der Waals surface area contributed by atoms with Crippen LogP contribution in [0.1, 0.15) is 4.88 Å². The molecule has 0 spiro atoms. The number of methoxy groups -OCH3 is 1. The molecule has 0 aliphatic carbocycles. The van der Waals surface area contributed by atoms with Crippen molar-refractivity contribution in [2.45, 2.75) is 6.42 Å². The summed E-state index contributed by atoms with van der Waals surface area (Å²) in [6.07, 6.45) is 0.873. The van der Waals surface area contributed by atoms with E-state index in [9.17, 15) is 4.79 Å². The lowest BCUT2D eigenvalue weighted by Crippen LogP contribution is -2.15. The topological polar surface area (TPSA) is 35.5 Å². The summed E-state index contributed by atoms with van der Waals surface area (Å²) >= 11 is 1.70. The minimum Gasteiger partial charge on any atom is -0.377 e. The number of hydrogen-bond donors (Lipinski definition) is 0. The van der Waals surface area contributed by atoms with Crippen molar-refractivity contribution < 1.29 is 14.3 Å². The summed E-state index contributed by atoms with van der Waals surface area (Å²) in [6, 6.07) is 4.07. The standard InChI is InChI=1S/C10H14O3S/c1-12-7-9(11)8-13-5-4-10-3-2-6-14-10/h2-3,6H,4-5,7-8H2,1H3. The molecule has 1 aromatic rings. The van der Waals surface area contributed by atoms with E-state index in [1.54, 1.807) is 11.3 Å². The van der Waals surface area contributed by atoms with Crippen molar-refractivity contribution in [1.29, 1.82) is 0 Å². The minimum atomic E-state index is -0.0151. The highest BCUT2D eigenvalue weighted by molar-refractivity contribution is 7.09. The zero-order valence-electron chi connectivity index (χ0n) is 8.19. The number of Topliss-reactive ketones (excluding diaryl/α,β-unsaturated/α-hetero) is 1. The zero-order valence-corrected chi connectivity index (χ0v) is 9.01. The van der Waals surface area contributed by atoms with Gasteiger partial charge in [-0.05, 0) is 11.4 Å². The van der Waals surface area contributed by atoms with Crippen molar-refractivity contribution >= 4 is 17.1 Å². The monoisotopic (exact) mass is 214 g/mol. The van der Waals surface area contributed by atoms with E-state index in [0.29, 0.717) is 6.61 Å². The number of hydrogen-bond acceptors (Lipinski definition) is 4. The van der Waals surface area contributed by atoms with E-state index >= 15 is 0 Å². The molecule has 0 radical (unpaired) electrons. The molecule has 0 bridgehead atoms. The molecule has 0 unspecified atom stereocenters. The first kappa shape index (κ1) is 11.4. The summed E-state index contributed by atoms with van der Waals surface area (Å²) in [5.41, 5.74) is 0. The van der Waals surface area contributed by atoms with Crippen LogP contribution in [-0.4, -0.2) is 32.7 Å². The Morgan fingerprint density at radius 2 is 2.36 bits per heavy atom. The molecule has 0 aliphatic heterocycles. The Labute approximate surface area is 87.7 Å². The van der Waals surface area contributed by atoms with Crippen LogP contribution in [0.3, 0.4) is 0 Å². The summed E-state index contributed by atoms with van der Waals surface area (Å²) in [6.45, 7) is 0.883. The molecule has 0 fully saturated rings. The van der Waals surface area contributed by atoms with Crippen molar-refractivity contribution in [2.75, 3.05) is 26.9 Å². The molecule has 0 atom stereocenters. The third-order valence-electron chi connectivity index (χ3n) is 1.64. The molecule has 0 saturated heterocycles. The van der Waals surface area contributed by atoms with Crippen LogP contribution in [0.2, 0.25) is 0 Å². The molecule has 78 valence electrons. The molecule has 0 aliphatic rings. The van der Waals surface area contributed by atoms with Crippen LogP contribution < -0.4 is 0 Å². The summed E-state index contributed by atoms with van der Waals surface area (Å²) in [7, 11) is 1.50. The molecule has 0 aromatic carbocycles. The molecular weight excluding hydrogens is 200 g/mol. The quantitative estimate of drug-likeness (QED) is 0.646. The van der Waals surface area contributed by atoms with Crippen molar-refractivity contribution in [1.82, 2.24) is 0 Å². The van der Waals surface area contributed by atoms with Crippen molar-refractivity contribution in [2.24, 2.45) is 0 Å². The number of carbonyl (C=O) groups is 1. The predicted molar refractivity (Wildman–Crippen MR) is 55.7 cm³/mol. The Morgan fingerprint density at radius 1 is 1.50 bits per heavy atom. The van der Waals surface area contributed by atoms with E-state index in [0.717, 1.165) is 6.42 Å². The molecule has 1 rings (SSSR count). The second-order valence-electron chi connectivity index (χ2n) is 2.85. The maximum Gasteiger partial charge on any atom is 0.183 e. The molecule has 0 saturated carbocycles. The second kappa shape index (κ2) is 6.70. The maximum atomic E-state index is 11.0. The fourth-order valence-corrected chi connectivity index (χ4v) is 1.71. The molecule has 1 aromatic heterocycles. The fourth-order valence-electron chi connectivity index (χ4n) is 1.02. The van der Waals surface area contributed by atoms with E-state index in [-0.39, 0.29) is 19.0 Å². The molecular formula is C10H14O3S. The smallest absolute Gasteiger partial charge is 0.183 e. The normalized spacial score (nSPS) is 10.4. The van der Waals surface area contributed by atoms with Crippen LogP contribution in [0.5, 0.6) is 0 Å². The first-order valence-corrected chi connectivity index (χ1v) is 5.31. The van der Waals surface area contributed by atoms with Gasteiger partial charge in [0.1, 0.15) is 13.2 Å². The SMILES string of the molecule is COCC(=O)COCCc1cccs1. The number of thiophene rings is 1. The van der Waals surface area contributed by atoms with Crippen LogP contribution in [0.25, 0.3) is 0 Å². The molecule has 3 nitrogen and oxygen atoms in total. The van der Waals surface area contributed by atoms with Gasteiger partial charge in [0.2, 0.25) is 0 Å². The highest BCUT2D eigenvalue weighted by Gasteiger charge is 2.00. The first-order valence-electron chi connectivity index (χ1n) is 4.43. The molecule has 0 amide bonds. The van der Waals surface area contributed by atoms with Gasteiger partial charge in [-0.3, -0.25) is 4.79 Å². The summed E-state index contributed by atoms with van der Waals surface area (Å²) in [4.78, 5) is 12.2. The van der Waals surface area contributed by atoms with Gasteiger partial charge in [-0.25, -0.2) is 0 Å². The van der Waals surface area contributed by atoms with E-state index < -0.39 is 0 Å². The Bertz CT molecular complexity index is 256. The number of rotatable bonds is 7. The number of ketones is 1. The van der Waals surface area contributed by atoms with Gasteiger partial charge >= 0.3 is 0 Å². The van der Waals surface area contributed by atoms with Gasteiger partial charge in [0.15, 0.2) is 5.78 Å². The van der Waals surface area contributed by atoms with Gasteiger partial charge in [-0.1, -0.05) is 6.07 Å². The first-order chi connectivity index (χ1) is 6.83. The van der Waals surface area contributed by atoms with Crippen LogP contribution in [0.15, 0.2) is 17.5 Å². The van der Waals surface area contributed by atoms with E-state index in [1.165, 1.54) is 12.0 Å². The van der Waals surface area contributed by atoms with Crippen molar-refractivity contribution in [3.8, 4) is 0 Å². The van der Waals surface area contributed by atoms with Gasteiger partial charge in [-0.15, -0.1) is 11.3 Å². The van der Waals surface area contributed by atoms with Gasteiger partial charge in [0.05, 0.1) is 6.61 Å². The van der Waals surface area contributed by atoms with Gasteiger partial charge < -0.3 is 9.47 Å². The lowest BCUT2D eigenvalue weighted by molar-refractivity contribution is -0.127. The maximum absolute atomic E-state index is 11.0. The third-order valence-corrected chi connectivity index (χ3v) is 2.58. The largest absolute Gasteiger partial charge is 0.377 e. The highest BCUT2D eigenvalue weighted by Crippen LogP contribution is 2.08. The number of carbonyl (C=O) groups excluding carboxylic acids is 1. The average Bonchev–Trinajstić information content (AvgIpc) is 2.65. The van der Waals surface area contributed by atoms with E-state index in [2.05, 4.69) is 10.8 Å². The fraction of sp³-hybridized carbons (Fsp3) is 0.500. The molecule has 0 N–H and O–H groups in total. The van der Waals surface area contributed by atoms with E-state index in [4.69, 9.17) is 4.74 Å². The van der Waals surface area contributed by atoms with Crippen LogP contribution >= 0.6 is 11.3 Å². The summed E-state index contributed by atoms with van der Waals surface area (Å²) in [5.74, 6) is -0.0151. The van der Waals surface area contributed by atoms with Gasteiger partial charge in [0, 0.05) is 18.4 Å². The van der Waals surface area contributed by atoms with Gasteiger partial charge in [0.25, 0.3) is 0 Å². The van der Waals surface area contributed by atoms with Crippen molar-refractivity contribution in [3.63, 3.8) is 0 Å². The number of ether oxygens (including phenoxy) is 2. The van der Waals surface area contributed by atoms with E-state index in [1.807, 2.05) is 11.4 Å². The van der Waals surface area contributed by atoms with Gasteiger partial charge in [-0.2, -0.15) is 0 Å². The zero-order chi connectivity index (χ0) is 10.2. The predicted octanol–water partition coefficient (Wildman–Crippen LogP) is 1.52. The Morgan fingerprint density at radius 3 is 3.00 bits per heavy atom. The minimum absolute atomic E-state index is 0.0151. The Kier molecular flexibility index (Phi) is 5.44. The van der Waals surface area contributed by atoms with Crippen LogP contribution in [0.4, 0.5) is 0 Å². The second-order valence-corrected chi connectivity index (χ2v) is 3.89. The lowest BCUT2D eigenvalue weighted by atomic mass is 10.3. The van der Waals surface area contributed by atoms with Crippen molar-refractivity contribution in [3.05, 3.63) is 22.4 Å². The molecule has 14 heavy (non-hydrogen) atoms.